The number of amides is 1. The van der Waals surface area contributed by atoms with Crippen molar-refractivity contribution < 1.29 is 9.53 Å². The number of carbonyl (C=O) groups is 1. The summed E-state index contributed by atoms with van der Waals surface area (Å²) in [6.45, 7) is 9.15. The van der Waals surface area contributed by atoms with Gasteiger partial charge in [0.25, 0.3) is 0 Å². The van der Waals surface area contributed by atoms with E-state index in [0.29, 0.717) is 35.2 Å². The van der Waals surface area contributed by atoms with Gasteiger partial charge in [-0.05, 0) is 65.2 Å². The molecule has 140 valence electrons. The molecule has 0 spiro atoms. The van der Waals surface area contributed by atoms with E-state index in [9.17, 15) is 4.79 Å². The van der Waals surface area contributed by atoms with E-state index in [-0.39, 0.29) is 23.0 Å². The summed E-state index contributed by atoms with van der Waals surface area (Å²) in [4.78, 5) is 12.2. The van der Waals surface area contributed by atoms with Crippen LogP contribution in [0.1, 0.15) is 53.4 Å². The Morgan fingerprint density at radius 2 is 1.88 bits per heavy atom. The van der Waals surface area contributed by atoms with Gasteiger partial charge in [-0.3, -0.25) is 4.79 Å². The number of nitrogens with one attached hydrogen (secondary N) is 2. The summed E-state index contributed by atoms with van der Waals surface area (Å²) >= 11 is 11.9. The molecule has 1 amide bonds. The van der Waals surface area contributed by atoms with Gasteiger partial charge in [-0.15, -0.1) is 0 Å². The zero-order valence-corrected chi connectivity index (χ0v) is 16.9. The number of carbonyl (C=O) groups excluding carboxylic acids is 1. The molecular formula is C19H28Cl2N2O2. The van der Waals surface area contributed by atoms with Gasteiger partial charge in [0.1, 0.15) is 5.75 Å². The molecule has 0 radical (unpaired) electrons. The highest BCUT2D eigenvalue weighted by atomic mass is 35.5. The molecule has 25 heavy (non-hydrogen) atoms. The lowest BCUT2D eigenvalue weighted by molar-refractivity contribution is -0.122. The third kappa shape index (κ3) is 6.69. The lowest BCUT2D eigenvalue weighted by atomic mass is 9.79. The number of benzene rings is 1. The van der Waals surface area contributed by atoms with Crippen LogP contribution in [0.15, 0.2) is 18.2 Å². The normalized spacial score (nSPS) is 19.4. The van der Waals surface area contributed by atoms with Crippen molar-refractivity contribution in [1.82, 2.24) is 10.6 Å². The lowest BCUT2D eigenvalue weighted by Gasteiger charge is -2.46. The van der Waals surface area contributed by atoms with E-state index < -0.39 is 0 Å². The third-order valence-corrected chi connectivity index (χ3v) is 4.79. The first-order chi connectivity index (χ1) is 11.6. The molecule has 0 aromatic heterocycles. The fourth-order valence-corrected chi connectivity index (χ4v) is 4.19. The number of halogens is 2. The fraction of sp³-hybridized carbons (Fsp3) is 0.632. The maximum Gasteiger partial charge on any atom is 0.220 e. The molecule has 0 atom stereocenters. The van der Waals surface area contributed by atoms with Crippen molar-refractivity contribution in [2.75, 3.05) is 6.61 Å². The number of hydrogen-bond donors (Lipinski definition) is 2. The number of ether oxygens (including phenoxy) is 1. The molecule has 1 fully saturated rings. The average Bonchev–Trinajstić information content (AvgIpc) is 2.41. The van der Waals surface area contributed by atoms with Gasteiger partial charge in [0.15, 0.2) is 0 Å². The second kappa shape index (κ2) is 8.15. The van der Waals surface area contributed by atoms with Crippen LogP contribution in [-0.2, 0) is 4.79 Å². The predicted molar refractivity (Wildman–Crippen MR) is 104 cm³/mol. The van der Waals surface area contributed by atoms with Crippen molar-refractivity contribution in [2.45, 2.75) is 70.5 Å². The van der Waals surface area contributed by atoms with Crippen LogP contribution in [0.4, 0.5) is 0 Å². The van der Waals surface area contributed by atoms with Gasteiger partial charge >= 0.3 is 0 Å². The highest BCUT2D eigenvalue weighted by Gasteiger charge is 2.37. The SMILES string of the molecule is CC1(C)CC(NC(=O)CCCOc2ccc(Cl)cc2Cl)CC(C)(C)N1. The smallest absolute Gasteiger partial charge is 0.220 e. The van der Waals surface area contributed by atoms with Crippen LogP contribution >= 0.6 is 23.2 Å². The molecule has 1 aliphatic rings. The number of piperidine rings is 1. The number of hydrogen-bond acceptors (Lipinski definition) is 3. The maximum absolute atomic E-state index is 12.2. The molecule has 1 aromatic carbocycles. The van der Waals surface area contributed by atoms with Gasteiger partial charge in [0.2, 0.25) is 5.91 Å². The van der Waals surface area contributed by atoms with Gasteiger partial charge in [-0.25, -0.2) is 0 Å². The van der Waals surface area contributed by atoms with E-state index in [1.165, 1.54) is 0 Å². The molecule has 1 saturated heterocycles. The van der Waals surface area contributed by atoms with Crippen LogP contribution in [0.2, 0.25) is 10.0 Å². The van der Waals surface area contributed by atoms with Gasteiger partial charge in [0, 0.05) is 28.6 Å². The first-order valence-electron chi connectivity index (χ1n) is 8.73. The Kier molecular flexibility index (Phi) is 6.63. The Labute approximate surface area is 160 Å². The van der Waals surface area contributed by atoms with E-state index in [1.54, 1.807) is 18.2 Å². The Hall–Kier alpha value is -0.970. The van der Waals surface area contributed by atoms with Crippen molar-refractivity contribution in [3.05, 3.63) is 28.2 Å². The van der Waals surface area contributed by atoms with Crippen LogP contribution in [0.3, 0.4) is 0 Å². The van der Waals surface area contributed by atoms with Crippen LogP contribution < -0.4 is 15.4 Å². The molecule has 6 heteroatoms. The fourth-order valence-electron chi connectivity index (χ4n) is 3.73. The lowest BCUT2D eigenvalue weighted by Crippen LogP contribution is -2.62. The zero-order chi connectivity index (χ0) is 18.7. The topological polar surface area (TPSA) is 50.4 Å². The Bertz CT molecular complexity index is 601. The molecule has 0 aliphatic carbocycles. The molecule has 0 saturated carbocycles. The second-order valence-electron chi connectivity index (χ2n) is 8.09. The summed E-state index contributed by atoms with van der Waals surface area (Å²) in [5.41, 5.74) is 0.0439. The zero-order valence-electron chi connectivity index (χ0n) is 15.4. The van der Waals surface area contributed by atoms with Crippen molar-refractivity contribution >= 4 is 29.1 Å². The van der Waals surface area contributed by atoms with E-state index in [4.69, 9.17) is 27.9 Å². The minimum atomic E-state index is 0.0220. The van der Waals surface area contributed by atoms with Crippen LogP contribution in [0.25, 0.3) is 0 Å². The molecule has 4 nitrogen and oxygen atoms in total. The first kappa shape index (κ1) is 20.3. The Balaban J connectivity index is 1.73. The van der Waals surface area contributed by atoms with Crippen LogP contribution in [0, 0.1) is 0 Å². The minimum absolute atomic E-state index is 0.0220. The quantitative estimate of drug-likeness (QED) is 0.703. The maximum atomic E-state index is 12.2. The molecule has 2 rings (SSSR count). The molecule has 1 aliphatic heterocycles. The molecular weight excluding hydrogens is 359 g/mol. The van der Waals surface area contributed by atoms with E-state index >= 15 is 0 Å². The van der Waals surface area contributed by atoms with E-state index in [1.807, 2.05) is 0 Å². The average molecular weight is 387 g/mol. The molecule has 1 heterocycles. The molecule has 0 unspecified atom stereocenters. The molecule has 2 N–H and O–H groups in total. The van der Waals surface area contributed by atoms with Crippen molar-refractivity contribution in [3.63, 3.8) is 0 Å². The third-order valence-electron chi connectivity index (χ3n) is 4.25. The monoisotopic (exact) mass is 386 g/mol. The summed E-state index contributed by atoms with van der Waals surface area (Å²) in [6, 6.07) is 5.32. The number of rotatable bonds is 6. The van der Waals surface area contributed by atoms with Gasteiger partial charge in [0.05, 0.1) is 11.6 Å². The summed E-state index contributed by atoms with van der Waals surface area (Å²) in [5, 5.41) is 7.85. The van der Waals surface area contributed by atoms with Crippen LogP contribution in [-0.4, -0.2) is 29.6 Å². The highest BCUT2D eigenvalue weighted by Crippen LogP contribution is 2.29. The summed E-state index contributed by atoms with van der Waals surface area (Å²) in [6.07, 6.45) is 2.94. The van der Waals surface area contributed by atoms with Crippen molar-refractivity contribution in [3.8, 4) is 5.75 Å². The molecule has 0 bridgehead atoms. The largest absolute Gasteiger partial charge is 0.492 e. The van der Waals surface area contributed by atoms with Crippen LogP contribution in [0.5, 0.6) is 5.75 Å². The minimum Gasteiger partial charge on any atom is -0.492 e. The Morgan fingerprint density at radius 3 is 2.48 bits per heavy atom. The standard InChI is InChI=1S/C19H28Cl2N2O2/c1-18(2)11-14(12-19(3,4)23-18)22-17(24)6-5-9-25-16-8-7-13(20)10-15(16)21/h7-8,10,14,23H,5-6,9,11-12H2,1-4H3,(H,22,24). The summed E-state index contributed by atoms with van der Waals surface area (Å²) < 4.78 is 5.62. The first-order valence-corrected chi connectivity index (χ1v) is 9.48. The van der Waals surface area contributed by atoms with Gasteiger partial charge < -0.3 is 15.4 Å². The second-order valence-corrected chi connectivity index (χ2v) is 8.94. The Morgan fingerprint density at radius 1 is 1.24 bits per heavy atom. The van der Waals surface area contributed by atoms with E-state index in [2.05, 4.69) is 38.3 Å². The van der Waals surface area contributed by atoms with Crippen molar-refractivity contribution in [2.24, 2.45) is 0 Å². The summed E-state index contributed by atoms with van der Waals surface area (Å²) in [7, 11) is 0. The van der Waals surface area contributed by atoms with Crippen molar-refractivity contribution in [1.29, 1.82) is 0 Å². The highest BCUT2D eigenvalue weighted by molar-refractivity contribution is 6.35. The van der Waals surface area contributed by atoms with Gasteiger partial charge in [-0.1, -0.05) is 23.2 Å². The summed E-state index contributed by atoms with van der Waals surface area (Å²) in [5.74, 6) is 0.664. The molecule has 1 aromatic rings. The predicted octanol–water partition coefficient (Wildman–Crippen LogP) is 4.58. The van der Waals surface area contributed by atoms with Gasteiger partial charge in [-0.2, -0.15) is 0 Å². The van der Waals surface area contributed by atoms with E-state index in [0.717, 1.165) is 12.8 Å².